The van der Waals surface area contributed by atoms with E-state index in [0.29, 0.717) is 22.0 Å². The lowest BCUT2D eigenvalue weighted by Gasteiger charge is -2.41. The summed E-state index contributed by atoms with van der Waals surface area (Å²) in [7, 11) is 0. The summed E-state index contributed by atoms with van der Waals surface area (Å²) in [6.07, 6.45) is 0.809. The molecule has 0 radical (unpaired) electrons. The van der Waals surface area contributed by atoms with Crippen LogP contribution in [0, 0.1) is 5.92 Å². The van der Waals surface area contributed by atoms with Gasteiger partial charge in [-0.3, -0.25) is 4.79 Å². The van der Waals surface area contributed by atoms with Gasteiger partial charge in [-0.15, -0.1) is 0 Å². The molecule has 0 atom stereocenters. The summed E-state index contributed by atoms with van der Waals surface area (Å²) in [5.74, 6) is -1.32. The van der Waals surface area contributed by atoms with E-state index in [9.17, 15) is 9.90 Å². The van der Waals surface area contributed by atoms with E-state index in [1.54, 1.807) is 18.2 Å². The van der Waals surface area contributed by atoms with Gasteiger partial charge in [0.25, 0.3) is 0 Å². The summed E-state index contributed by atoms with van der Waals surface area (Å²) in [5.41, 5.74) is -0.306. The van der Waals surface area contributed by atoms with Gasteiger partial charge >= 0.3 is 5.97 Å². The Labute approximate surface area is 109 Å². The molecule has 17 heavy (non-hydrogen) atoms. The van der Waals surface area contributed by atoms with Crippen molar-refractivity contribution in [2.24, 2.45) is 5.92 Å². The van der Waals surface area contributed by atoms with E-state index in [1.165, 1.54) is 0 Å². The van der Waals surface area contributed by atoms with Crippen LogP contribution < -0.4 is 0 Å². The Morgan fingerprint density at radius 1 is 1.35 bits per heavy atom. The summed E-state index contributed by atoms with van der Waals surface area (Å²) < 4.78 is 0. The van der Waals surface area contributed by atoms with Gasteiger partial charge in [-0.2, -0.15) is 0 Å². The maximum atomic E-state index is 10.7. The molecule has 92 valence electrons. The van der Waals surface area contributed by atoms with Gasteiger partial charge in [0.1, 0.15) is 0 Å². The van der Waals surface area contributed by atoms with E-state index in [0.717, 1.165) is 0 Å². The second-order valence-corrected chi connectivity index (χ2v) is 5.36. The van der Waals surface area contributed by atoms with Gasteiger partial charge in [-0.1, -0.05) is 29.3 Å². The van der Waals surface area contributed by atoms with Crippen LogP contribution in [-0.2, 0) is 11.2 Å². The molecule has 0 spiro atoms. The molecule has 1 aliphatic rings. The molecule has 1 aromatic carbocycles. The lowest BCUT2D eigenvalue weighted by Crippen LogP contribution is -2.48. The lowest BCUT2D eigenvalue weighted by atomic mass is 9.68. The summed E-state index contributed by atoms with van der Waals surface area (Å²) in [5, 5.41) is 19.9. The van der Waals surface area contributed by atoms with Gasteiger partial charge in [0, 0.05) is 16.5 Å². The third kappa shape index (κ3) is 2.57. The monoisotopic (exact) mass is 274 g/mol. The number of carboxylic acids is 1. The molecule has 2 N–H and O–H groups in total. The van der Waals surface area contributed by atoms with Crippen LogP contribution in [0.3, 0.4) is 0 Å². The minimum Gasteiger partial charge on any atom is -0.481 e. The Kier molecular flexibility index (Phi) is 3.34. The minimum atomic E-state index is -0.988. The van der Waals surface area contributed by atoms with Crippen LogP contribution in [0.1, 0.15) is 18.4 Å². The molecule has 0 amide bonds. The smallest absolute Gasteiger partial charge is 0.306 e. The fraction of sp³-hybridized carbons (Fsp3) is 0.417. The number of benzene rings is 1. The molecule has 0 aliphatic heterocycles. The van der Waals surface area contributed by atoms with Crippen molar-refractivity contribution in [3.8, 4) is 0 Å². The van der Waals surface area contributed by atoms with E-state index in [1.807, 2.05) is 0 Å². The van der Waals surface area contributed by atoms with Gasteiger partial charge < -0.3 is 10.2 Å². The molecule has 0 aromatic heterocycles. The molecule has 0 unspecified atom stereocenters. The quantitative estimate of drug-likeness (QED) is 0.891. The molecule has 1 fully saturated rings. The highest BCUT2D eigenvalue weighted by molar-refractivity contribution is 6.36. The number of carbonyl (C=O) groups is 1. The molecule has 3 nitrogen and oxygen atoms in total. The van der Waals surface area contributed by atoms with E-state index in [-0.39, 0.29) is 12.8 Å². The summed E-state index contributed by atoms with van der Waals surface area (Å²) in [6.45, 7) is 0. The van der Waals surface area contributed by atoms with Gasteiger partial charge in [-0.25, -0.2) is 0 Å². The first-order valence-electron chi connectivity index (χ1n) is 5.29. The van der Waals surface area contributed by atoms with Gasteiger partial charge in [0.05, 0.1) is 11.5 Å². The number of halogens is 2. The van der Waals surface area contributed by atoms with Gasteiger partial charge in [0.2, 0.25) is 0 Å². The third-order valence-electron chi connectivity index (χ3n) is 3.17. The average Bonchev–Trinajstić information content (AvgIpc) is 2.19. The summed E-state index contributed by atoms with van der Waals surface area (Å²) in [6, 6.07) is 5.15. The highest BCUT2D eigenvalue weighted by Gasteiger charge is 2.46. The summed E-state index contributed by atoms with van der Waals surface area (Å²) >= 11 is 12.0. The Balaban J connectivity index is 2.10. The Bertz CT molecular complexity index is 433. The van der Waals surface area contributed by atoms with Crippen molar-refractivity contribution < 1.29 is 15.0 Å². The molecule has 1 aliphatic carbocycles. The average molecular weight is 275 g/mol. The number of hydrogen-bond donors (Lipinski definition) is 2. The first-order valence-corrected chi connectivity index (χ1v) is 6.05. The normalized spacial score (nSPS) is 27.6. The fourth-order valence-electron chi connectivity index (χ4n) is 2.21. The van der Waals surface area contributed by atoms with Crippen molar-refractivity contribution in [1.82, 2.24) is 0 Å². The summed E-state index contributed by atoms with van der Waals surface area (Å²) in [4.78, 5) is 10.7. The second-order valence-electron chi connectivity index (χ2n) is 4.54. The number of aliphatic carboxylic acids is 1. The molecule has 2 rings (SSSR count). The Hall–Kier alpha value is -0.770. The number of aliphatic hydroxyl groups is 1. The number of hydrogen-bond acceptors (Lipinski definition) is 2. The maximum absolute atomic E-state index is 10.7. The topological polar surface area (TPSA) is 57.5 Å². The van der Waals surface area contributed by atoms with Crippen LogP contribution in [0.5, 0.6) is 0 Å². The minimum absolute atomic E-state index is 0.254. The fourth-order valence-corrected chi connectivity index (χ4v) is 2.74. The van der Waals surface area contributed by atoms with Crippen LogP contribution in [0.25, 0.3) is 0 Å². The van der Waals surface area contributed by atoms with Crippen LogP contribution in [0.15, 0.2) is 18.2 Å². The molecule has 5 heteroatoms. The lowest BCUT2D eigenvalue weighted by molar-refractivity contribution is -0.158. The van der Waals surface area contributed by atoms with Crippen molar-refractivity contribution in [3.05, 3.63) is 33.8 Å². The maximum Gasteiger partial charge on any atom is 0.306 e. The molecule has 1 saturated carbocycles. The predicted molar refractivity (Wildman–Crippen MR) is 65.5 cm³/mol. The molecular weight excluding hydrogens is 263 g/mol. The largest absolute Gasteiger partial charge is 0.481 e. The Morgan fingerprint density at radius 2 is 1.88 bits per heavy atom. The zero-order valence-corrected chi connectivity index (χ0v) is 10.5. The highest BCUT2D eigenvalue weighted by atomic mass is 35.5. The van der Waals surface area contributed by atoms with Crippen LogP contribution in [-0.4, -0.2) is 21.8 Å². The van der Waals surface area contributed by atoms with Crippen molar-refractivity contribution >= 4 is 29.2 Å². The van der Waals surface area contributed by atoms with E-state index < -0.39 is 17.5 Å². The van der Waals surface area contributed by atoms with Gasteiger partial charge in [-0.05, 0) is 30.5 Å². The SMILES string of the molecule is O=C(O)C1CC(O)(Cc2c(Cl)cccc2Cl)C1. The standard InChI is InChI=1S/C12H12Cl2O3/c13-9-2-1-3-10(14)8(9)6-12(17)4-7(5-12)11(15)16/h1-3,7,17H,4-6H2,(H,15,16). The first-order chi connectivity index (χ1) is 7.91. The number of rotatable bonds is 3. The van der Waals surface area contributed by atoms with Crippen molar-refractivity contribution in [3.63, 3.8) is 0 Å². The second kappa shape index (κ2) is 4.48. The van der Waals surface area contributed by atoms with Crippen LogP contribution >= 0.6 is 23.2 Å². The zero-order valence-electron chi connectivity index (χ0n) is 8.99. The van der Waals surface area contributed by atoms with Crippen molar-refractivity contribution in [2.45, 2.75) is 24.9 Å². The van der Waals surface area contributed by atoms with Crippen molar-refractivity contribution in [1.29, 1.82) is 0 Å². The Morgan fingerprint density at radius 3 is 2.35 bits per heavy atom. The first kappa shape index (κ1) is 12.7. The molecular formula is C12H12Cl2O3. The van der Waals surface area contributed by atoms with E-state index in [4.69, 9.17) is 28.3 Å². The molecule has 0 bridgehead atoms. The van der Waals surface area contributed by atoms with Gasteiger partial charge in [0.15, 0.2) is 0 Å². The van der Waals surface area contributed by atoms with Crippen LogP contribution in [0.2, 0.25) is 10.0 Å². The van der Waals surface area contributed by atoms with E-state index >= 15 is 0 Å². The van der Waals surface area contributed by atoms with Crippen molar-refractivity contribution in [2.75, 3.05) is 0 Å². The molecule has 0 saturated heterocycles. The van der Waals surface area contributed by atoms with Crippen LogP contribution in [0.4, 0.5) is 0 Å². The third-order valence-corrected chi connectivity index (χ3v) is 3.88. The molecule has 1 aromatic rings. The number of carboxylic acid groups (broad SMARTS) is 1. The van der Waals surface area contributed by atoms with E-state index in [2.05, 4.69) is 0 Å². The predicted octanol–water partition coefficient (Wildman–Crippen LogP) is 2.76. The highest BCUT2D eigenvalue weighted by Crippen LogP contribution is 2.42. The zero-order chi connectivity index (χ0) is 12.6. The molecule has 0 heterocycles.